The van der Waals surface area contributed by atoms with Gasteiger partial charge in [0, 0.05) is 11.4 Å². The van der Waals surface area contributed by atoms with Crippen molar-refractivity contribution in [2.24, 2.45) is 5.14 Å². The lowest BCUT2D eigenvalue weighted by molar-refractivity contribution is 0.567. The molecule has 2 N–H and O–H groups in total. The summed E-state index contributed by atoms with van der Waals surface area (Å²) in [7, 11) is -3.86. The molecule has 0 radical (unpaired) electrons. The van der Waals surface area contributed by atoms with Crippen molar-refractivity contribution >= 4 is 21.6 Å². The van der Waals surface area contributed by atoms with Crippen molar-refractivity contribution in [3.63, 3.8) is 0 Å². The fourth-order valence-electron chi connectivity index (χ4n) is 1.57. The van der Waals surface area contributed by atoms with Gasteiger partial charge in [-0.15, -0.1) is 15.3 Å². The Kier molecular flexibility index (Phi) is 2.24. The van der Waals surface area contributed by atoms with Crippen LogP contribution < -0.4 is 5.14 Å². The monoisotopic (exact) mass is 272 g/mol. The van der Waals surface area contributed by atoms with Crippen molar-refractivity contribution in [3.05, 3.63) is 5.38 Å². The number of hydrogen-bond donors (Lipinski definition) is 1. The second-order valence-electron chi connectivity index (χ2n) is 3.74. The molecule has 2 aromatic rings. The molecule has 1 fully saturated rings. The molecular weight excluding hydrogens is 264 g/mol. The van der Waals surface area contributed by atoms with Gasteiger partial charge in [0.15, 0.2) is 5.82 Å². The Bertz CT molecular complexity index is 642. The van der Waals surface area contributed by atoms with E-state index in [2.05, 4.69) is 19.8 Å². The van der Waals surface area contributed by atoms with E-state index in [1.807, 2.05) is 0 Å². The van der Waals surface area contributed by atoms with E-state index in [1.54, 1.807) is 5.38 Å². The van der Waals surface area contributed by atoms with Gasteiger partial charge in [-0.3, -0.25) is 4.57 Å². The average molecular weight is 272 g/mol. The van der Waals surface area contributed by atoms with Gasteiger partial charge in [0.1, 0.15) is 5.69 Å². The third-order valence-corrected chi connectivity index (χ3v) is 3.71. The Morgan fingerprint density at radius 1 is 1.35 bits per heavy atom. The van der Waals surface area contributed by atoms with Gasteiger partial charge in [-0.2, -0.15) is 0 Å². The summed E-state index contributed by atoms with van der Waals surface area (Å²) < 4.78 is 28.0. The SMILES string of the molecule is NS(=O)(=O)c1nnc(-c2csnn2)n1C1CC1. The first kappa shape index (κ1) is 10.7. The predicted molar refractivity (Wildman–Crippen MR) is 58.6 cm³/mol. The Morgan fingerprint density at radius 2 is 2.12 bits per heavy atom. The first-order valence-corrected chi connectivity index (χ1v) is 7.21. The molecule has 0 saturated heterocycles. The molecule has 90 valence electrons. The Hall–Kier alpha value is -1.39. The summed E-state index contributed by atoms with van der Waals surface area (Å²) >= 11 is 1.17. The number of sulfonamides is 1. The maximum Gasteiger partial charge on any atom is 0.273 e. The van der Waals surface area contributed by atoms with Crippen molar-refractivity contribution in [2.75, 3.05) is 0 Å². The summed E-state index contributed by atoms with van der Waals surface area (Å²) in [6, 6.07) is 0.0926. The van der Waals surface area contributed by atoms with Crippen LogP contribution in [0.25, 0.3) is 11.5 Å². The van der Waals surface area contributed by atoms with Crippen LogP contribution in [0, 0.1) is 0 Å². The van der Waals surface area contributed by atoms with Crippen LogP contribution in [0.15, 0.2) is 10.5 Å². The molecule has 3 rings (SSSR count). The average Bonchev–Trinajstić information content (AvgIpc) is 2.81. The van der Waals surface area contributed by atoms with Crippen LogP contribution in [0.1, 0.15) is 18.9 Å². The molecule has 1 saturated carbocycles. The maximum atomic E-state index is 11.4. The third kappa shape index (κ3) is 1.83. The zero-order valence-electron chi connectivity index (χ0n) is 8.52. The van der Waals surface area contributed by atoms with E-state index in [4.69, 9.17) is 5.14 Å². The molecular formula is C7H8N6O2S2. The van der Waals surface area contributed by atoms with Crippen molar-refractivity contribution in [1.29, 1.82) is 0 Å². The van der Waals surface area contributed by atoms with E-state index in [0.29, 0.717) is 11.5 Å². The molecule has 0 amide bonds. The van der Waals surface area contributed by atoms with Gasteiger partial charge in [-0.1, -0.05) is 4.49 Å². The summed E-state index contributed by atoms with van der Waals surface area (Å²) in [5, 5.41) is 17.9. The molecule has 0 atom stereocenters. The minimum absolute atomic E-state index is 0.0926. The molecule has 2 heterocycles. The first-order valence-electron chi connectivity index (χ1n) is 4.82. The molecule has 2 aromatic heterocycles. The number of nitrogens with two attached hydrogens (primary N) is 1. The molecule has 0 aromatic carbocycles. The van der Waals surface area contributed by atoms with Gasteiger partial charge in [0.25, 0.3) is 15.2 Å². The van der Waals surface area contributed by atoms with E-state index in [-0.39, 0.29) is 11.2 Å². The van der Waals surface area contributed by atoms with Gasteiger partial charge in [0.2, 0.25) is 0 Å². The molecule has 10 heteroatoms. The van der Waals surface area contributed by atoms with E-state index in [1.165, 1.54) is 16.1 Å². The summed E-state index contributed by atoms with van der Waals surface area (Å²) in [6.45, 7) is 0. The highest BCUT2D eigenvalue weighted by Crippen LogP contribution is 2.39. The van der Waals surface area contributed by atoms with Crippen LogP contribution in [-0.2, 0) is 10.0 Å². The summed E-state index contributed by atoms with van der Waals surface area (Å²) in [5.41, 5.74) is 0.518. The predicted octanol–water partition coefficient (Wildman–Crippen LogP) is -0.221. The number of hydrogen-bond acceptors (Lipinski definition) is 7. The zero-order chi connectivity index (χ0) is 12.0. The number of nitrogens with zero attached hydrogens (tertiary/aromatic N) is 5. The highest BCUT2D eigenvalue weighted by atomic mass is 32.2. The fourth-order valence-corrected chi connectivity index (χ4v) is 2.67. The lowest BCUT2D eigenvalue weighted by Crippen LogP contribution is -2.18. The van der Waals surface area contributed by atoms with Gasteiger partial charge in [0.05, 0.1) is 0 Å². The zero-order valence-corrected chi connectivity index (χ0v) is 10.1. The number of rotatable bonds is 3. The summed E-state index contributed by atoms with van der Waals surface area (Å²) in [4.78, 5) is 0. The highest BCUT2D eigenvalue weighted by molar-refractivity contribution is 7.89. The lowest BCUT2D eigenvalue weighted by Gasteiger charge is -2.04. The van der Waals surface area contributed by atoms with Gasteiger partial charge >= 0.3 is 0 Å². The molecule has 17 heavy (non-hydrogen) atoms. The smallest absolute Gasteiger partial charge is 0.273 e. The van der Waals surface area contributed by atoms with Gasteiger partial charge < -0.3 is 0 Å². The summed E-state index contributed by atoms with van der Waals surface area (Å²) in [6.07, 6.45) is 1.79. The van der Waals surface area contributed by atoms with Crippen LogP contribution in [0.2, 0.25) is 0 Å². The van der Waals surface area contributed by atoms with E-state index < -0.39 is 10.0 Å². The topological polar surface area (TPSA) is 117 Å². The van der Waals surface area contributed by atoms with Crippen molar-refractivity contribution in [1.82, 2.24) is 24.4 Å². The Balaban J connectivity index is 2.21. The normalized spacial score (nSPS) is 16.3. The van der Waals surface area contributed by atoms with Crippen LogP contribution in [0.5, 0.6) is 0 Å². The van der Waals surface area contributed by atoms with Crippen LogP contribution in [0.3, 0.4) is 0 Å². The Morgan fingerprint density at radius 3 is 2.65 bits per heavy atom. The standard InChI is InChI=1S/C7H8N6O2S2/c8-17(14,15)7-11-10-6(5-3-16-12-9-5)13(7)4-1-2-4/h3-4H,1-2H2,(H2,8,14,15). The minimum Gasteiger partial charge on any atom is -0.292 e. The largest absolute Gasteiger partial charge is 0.292 e. The van der Waals surface area contributed by atoms with Crippen LogP contribution in [-0.4, -0.2) is 32.8 Å². The molecule has 0 spiro atoms. The van der Waals surface area contributed by atoms with Crippen molar-refractivity contribution in [2.45, 2.75) is 24.0 Å². The fraction of sp³-hybridized carbons (Fsp3) is 0.429. The van der Waals surface area contributed by atoms with E-state index >= 15 is 0 Å². The molecule has 1 aliphatic rings. The van der Waals surface area contributed by atoms with Crippen LogP contribution in [0.4, 0.5) is 0 Å². The minimum atomic E-state index is -3.86. The molecule has 8 nitrogen and oxygen atoms in total. The molecule has 0 aliphatic heterocycles. The maximum absolute atomic E-state index is 11.4. The van der Waals surface area contributed by atoms with E-state index in [0.717, 1.165) is 12.8 Å². The second-order valence-corrected chi connectivity index (χ2v) is 5.81. The van der Waals surface area contributed by atoms with Crippen LogP contribution >= 0.6 is 11.5 Å². The third-order valence-electron chi connectivity index (χ3n) is 2.42. The van der Waals surface area contributed by atoms with Crippen molar-refractivity contribution in [3.8, 4) is 11.5 Å². The first-order chi connectivity index (χ1) is 8.07. The lowest BCUT2D eigenvalue weighted by atomic mass is 10.4. The quantitative estimate of drug-likeness (QED) is 0.825. The Labute approximate surface area is 101 Å². The van der Waals surface area contributed by atoms with Crippen molar-refractivity contribution < 1.29 is 8.42 Å². The van der Waals surface area contributed by atoms with Gasteiger partial charge in [-0.05, 0) is 24.4 Å². The number of aromatic nitrogens is 5. The molecule has 1 aliphatic carbocycles. The summed E-state index contributed by atoms with van der Waals surface area (Å²) in [5.74, 6) is 0.408. The van der Waals surface area contributed by atoms with E-state index in [9.17, 15) is 8.42 Å². The second kappa shape index (κ2) is 3.55. The van der Waals surface area contributed by atoms with Gasteiger partial charge in [-0.25, -0.2) is 13.6 Å². The molecule has 0 bridgehead atoms. The number of primary sulfonamides is 1. The molecule has 0 unspecified atom stereocenters. The highest BCUT2D eigenvalue weighted by Gasteiger charge is 2.34.